The number of carbonyl (C=O) groups excluding carboxylic acids is 1. The van der Waals surface area contributed by atoms with E-state index < -0.39 is 10.9 Å². The lowest BCUT2D eigenvalue weighted by atomic mass is 10.2. The van der Waals surface area contributed by atoms with E-state index in [-0.39, 0.29) is 23.9 Å². The zero-order valence-electron chi connectivity index (χ0n) is 13.7. The van der Waals surface area contributed by atoms with Gasteiger partial charge in [0.15, 0.2) is 6.61 Å². The molecule has 0 radical (unpaired) electrons. The number of hydrogen-bond acceptors (Lipinski definition) is 9. The van der Waals surface area contributed by atoms with Gasteiger partial charge in [-0.25, -0.2) is 4.79 Å². The Morgan fingerprint density at radius 3 is 2.74 bits per heavy atom. The molecule has 0 fully saturated rings. The molecule has 0 spiro atoms. The third-order valence-corrected chi connectivity index (χ3v) is 3.82. The maximum absolute atomic E-state index is 11.5. The molecule has 0 aliphatic carbocycles. The fourth-order valence-corrected chi connectivity index (χ4v) is 2.41. The molecule has 0 amide bonds. The molecule has 0 aliphatic heterocycles. The third-order valence-electron chi connectivity index (χ3n) is 3.12. The Morgan fingerprint density at radius 1 is 1.22 bits per heavy atom. The molecule has 9 nitrogen and oxygen atoms in total. The van der Waals surface area contributed by atoms with E-state index >= 15 is 0 Å². The number of esters is 1. The number of carbonyl (C=O) groups is 1. The van der Waals surface area contributed by atoms with E-state index in [1.807, 2.05) is 0 Å². The van der Waals surface area contributed by atoms with E-state index in [1.54, 1.807) is 6.07 Å². The minimum atomic E-state index is -0.577. The molecule has 10 heteroatoms. The number of furan rings is 1. The zero-order chi connectivity index (χ0) is 19.1. The van der Waals surface area contributed by atoms with Crippen LogP contribution in [0.2, 0.25) is 0 Å². The van der Waals surface area contributed by atoms with Gasteiger partial charge >= 0.3 is 5.97 Å². The molecular formula is C17H11N3O6S. The molecule has 3 aromatic rings. The van der Waals surface area contributed by atoms with E-state index in [2.05, 4.69) is 22.0 Å². The number of nitrogens with zero attached hydrogens (tertiary/aromatic N) is 3. The van der Waals surface area contributed by atoms with Gasteiger partial charge in [0, 0.05) is 17.7 Å². The Labute approximate surface area is 156 Å². The van der Waals surface area contributed by atoms with Gasteiger partial charge < -0.3 is 13.6 Å². The predicted octanol–water partition coefficient (Wildman–Crippen LogP) is 3.19. The fourth-order valence-electron chi connectivity index (χ4n) is 1.88. The van der Waals surface area contributed by atoms with Crippen LogP contribution in [-0.2, 0) is 4.74 Å². The number of nitro benzene ring substituents is 1. The average Bonchev–Trinajstić information content (AvgIpc) is 3.36. The van der Waals surface area contributed by atoms with Gasteiger partial charge in [-0.1, -0.05) is 23.6 Å². The molecule has 1 aromatic carbocycles. The van der Waals surface area contributed by atoms with Gasteiger partial charge in [-0.3, -0.25) is 10.1 Å². The van der Waals surface area contributed by atoms with Crippen LogP contribution in [0.1, 0.15) is 10.6 Å². The summed E-state index contributed by atoms with van der Waals surface area (Å²) in [4.78, 5) is 21.7. The Kier molecular flexibility index (Phi) is 5.86. The maximum atomic E-state index is 11.5. The predicted molar refractivity (Wildman–Crippen MR) is 93.9 cm³/mol. The SMILES string of the molecule is O=C(OCC#CCSc1nnc(-c2ccc([N+](=O)[O-])cc2)o1)c1ccco1. The van der Waals surface area contributed by atoms with Crippen LogP contribution < -0.4 is 0 Å². The molecule has 0 aliphatic rings. The van der Waals surface area contributed by atoms with Crippen molar-refractivity contribution in [2.24, 2.45) is 0 Å². The molecule has 0 atom stereocenters. The Morgan fingerprint density at radius 2 is 2.04 bits per heavy atom. The van der Waals surface area contributed by atoms with Crippen LogP contribution in [0.3, 0.4) is 0 Å². The fraction of sp³-hybridized carbons (Fsp3) is 0.118. The van der Waals surface area contributed by atoms with Crippen molar-refractivity contribution < 1.29 is 23.3 Å². The second kappa shape index (κ2) is 8.68. The zero-order valence-corrected chi connectivity index (χ0v) is 14.5. The first-order chi connectivity index (χ1) is 13.1. The lowest BCUT2D eigenvalue weighted by Crippen LogP contribution is -2.03. The van der Waals surface area contributed by atoms with Crippen molar-refractivity contribution >= 4 is 23.4 Å². The normalized spacial score (nSPS) is 10.1. The van der Waals surface area contributed by atoms with E-state index in [0.717, 1.165) is 0 Å². The number of non-ortho nitro benzene ring substituents is 1. The van der Waals surface area contributed by atoms with Gasteiger partial charge in [0.1, 0.15) is 0 Å². The molecule has 3 rings (SSSR count). The van der Waals surface area contributed by atoms with E-state index in [1.165, 1.54) is 48.4 Å². The lowest BCUT2D eigenvalue weighted by Gasteiger charge is -1.95. The monoisotopic (exact) mass is 385 g/mol. The van der Waals surface area contributed by atoms with E-state index in [0.29, 0.717) is 16.5 Å². The van der Waals surface area contributed by atoms with Crippen molar-refractivity contribution in [2.75, 3.05) is 12.4 Å². The molecule has 2 heterocycles. The van der Waals surface area contributed by atoms with Crippen molar-refractivity contribution in [3.8, 4) is 23.3 Å². The van der Waals surface area contributed by atoms with Gasteiger partial charge in [0.05, 0.1) is 16.9 Å². The summed E-state index contributed by atoms with van der Waals surface area (Å²) in [5, 5.41) is 18.7. The van der Waals surface area contributed by atoms with Crippen LogP contribution in [0.4, 0.5) is 5.69 Å². The number of hydrogen-bond donors (Lipinski definition) is 0. The number of ether oxygens (including phenoxy) is 1. The minimum Gasteiger partial charge on any atom is -0.457 e. The molecule has 0 saturated carbocycles. The second-order valence-electron chi connectivity index (χ2n) is 4.87. The average molecular weight is 385 g/mol. The highest BCUT2D eigenvalue weighted by Crippen LogP contribution is 2.24. The summed E-state index contributed by atoms with van der Waals surface area (Å²) >= 11 is 1.22. The smallest absolute Gasteiger partial charge is 0.375 e. The lowest BCUT2D eigenvalue weighted by molar-refractivity contribution is -0.384. The molecule has 2 aromatic heterocycles. The number of rotatable bonds is 6. The highest BCUT2D eigenvalue weighted by molar-refractivity contribution is 7.99. The summed E-state index contributed by atoms with van der Waals surface area (Å²) < 4.78 is 15.3. The molecule has 0 unspecified atom stereocenters. The van der Waals surface area contributed by atoms with Gasteiger partial charge in [-0.05, 0) is 24.3 Å². The number of nitro groups is 1. The maximum Gasteiger partial charge on any atom is 0.375 e. The van der Waals surface area contributed by atoms with Crippen LogP contribution >= 0.6 is 11.8 Å². The quantitative estimate of drug-likeness (QED) is 0.207. The number of thioether (sulfide) groups is 1. The van der Waals surface area contributed by atoms with Crippen LogP contribution in [0.5, 0.6) is 0 Å². The Hall–Kier alpha value is -3.58. The van der Waals surface area contributed by atoms with Gasteiger partial charge in [-0.15, -0.1) is 10.2 Å². The van der Waals surface area contributed by atoms with Crippen molar-refractivity contribution in [1.82, 2.24) is 10.2 Å². The standard InChI is InChI=1S/C17H11N3O6S/c21-16(14-4-3-10-24-14)25-9-1-2-11-27-17-19-18-15(26-17)12-5-7-13(8-6-12)20(22)23/h3-8,10H,9,11H2. The van der Waals surface area contributed by atoms with Crippen LogP contribution in [0.15, 0.2) is 56.7 Å². The van der Waals surface area contributed by atoms with Crippen molar-refractivity contribution in [3.63, 3.8) is 0 Å². The van der Waals surface area contributed by atoms with Crippen LogP contribution in [0.25, 0.3) is 11.5 Å². The van der Waals surface area contributed by atoms with Gasteiger partial charge in [-0.2, -0.15) is 0 Å². The first-order valence-corrected chi connectivity index (χ1v) is 8.49. The third kappa shape index (κ3) is 4.96. The molecule has 0 saturated heterocycles. The Bertz CT molecular complexity index is 986. The van der Waals surface area contributed by atoms with Crippen LogP contribution in [0, 0.1) is 22.0 Å². The summed E-state index contributed by atoms with van der Waals surface area (Å²) in [6.45, 7) is -0.0576. The summed E-state index contributed by atoms with van der Waals surface area (Å²) in [6.07, 6.45) is 1.38. The number of benzene rings is 1. The molecule has 0 bridgehead atoms. The topological polar surface area (TPSA) is 122 Å². The summed E-state index contributed by atoms with van der Waals surface area (Å²) in [6, 6.07) is 8.89. The van der Waals surface area contributed by atoms with Crippen molar-refractivity contribution in [1.29, 1.82) is 0 Å². The highest BCUT2D eigenvalue weighted by atomic mass is 32.2. The first kappa shape index (κ1) is 18.2. The van der Waals surface area contributed by atoms with Gasteiger partial charge in [0.2, 0.25) is 11.7 Å². The summed E-state index contributed by atoms with van der Waals surface area (Å²) in [5.41, 5.74) is 0.562. The molecule has 0 N–H and O–H groups in total. The Balaban J connectivity index is 1.46. The van der Waals surface area contributed by atoms with Crippen LogP contribution in [-0.4, -0.2) is 33.4 Å². The van der Waals surface area contributed by atoms with Gasteiger partial charge in [0.25, 0.3) is 10.9 Å². The van der Waals surface area contributed by atoms with Crippen molar-refractivity contribution in [2.45, 2.75) is 5.22 Å². The largest absolute Gasteiger partial charge is 0.457 e. The van der Waals surface area contributed by atoms with Crippen molar-refractivity contribution in [3.05, 3.63) is 58.5 Å². The molecule has 136 valence electrons. The molecule has 27 heavy (non-hydrogen) atoms. The second-order valence-corrected chi connectivity index (χ2v) is 5.80. The summed E-state index contributed by atoms with van der Waals surface area (Å²) in [5.74, 6) is 5.66. The van der Waals surface area contributed by atoms with E-state index in [4.69, 9.17) is 13.6 Å². The highest BCUT2D eigenvalue weighted by Gasteiger charge is 2.11. The first-order valence-electron chi connectivity index (χ1n) is 7.51. The molecular weight excluding hydrogens is 374 g/mol. The summed E-state index contributed by atoms with van der Waals surface area (Å²) in [7, 11) is 0. The minimum absolute atomic E-state index is 0.0177. The number of aromatic nitrogens is 2. The van der Waals surface area contributed by atoms with E-state index in [9.17, 15) is 14.9 Å².